The second kappa shape index (κ2) is 4.00. The second-order valence-electron chi connectivity index (χ2n) is 5.42. The second-order valence-corrected chi connectivity index (χ2v) is 5.42. The van der Waals surface area contributed by atoms with Crippen molar-refractivity contribution < 1.29 is 9.53 Å². The first-order valence-electron chi connectivity index (χ1n) is 6.33. The average Bonchev–Trinajstić information content (AvgIpc) is 2.74. The SMILES string of the molecule is CO[C@H]1CC[C@H](NC(=O)C2CC3CN3C2)C1. The first-order valence-corrected chi connectivity index (χ1v) is 6.33. The van der Waals surface area contributed by atoms with Gasteiger partial charge in [0.05, 0.1) is 12.0 Å². The molecule has 0 spiro atoms. The van der Waals surface area contributed by atoms with Crippen molar-refractivity contribution in [3.63, 3.8) is 0 Å². The monoisotopic (exact) mass is 224 g/mol. The van der Waals surface area contributed by atoms with Crippen LogP contribution in [0.4, 0.5) is 0 Å². The van der Waals surface area contributed by atoms with Gasteiger partial charge in [-0.25, -0.2) is 0 Å². The lowest BCUT2D eigenvalue weighted by Crippen LogP contribution is -2.39. The fourth-order valence-corrected chi connectivity index (χ4v) is 3.15. The number of fused-ring (bicyclic) bond motifs is 1. The van der Waals surface area contributed by atoms with E-state index in [0.29, 0.717) is 12.1 Å². The summed E-state index contributed by atoms with van der Waals surface area (Å²) in [7, 11) is 1.76. The number of ether oxygens (including phenoxy) is 1. The largest absolute Gasteiger partial charge is 0.381 e. The molecule has 1 amide bonds. The summed E-state index contributed by atoms with van der Waals surface area (Å²) in [6.45, 7) is 2.20. The minimum Gasteiger partial charge on any atom is -0.381 e. The molecule has 2 saturated heterocycles. The van der Waals surface area contributed by atoms with Gasteiger partial charge in [-0.2, -0.15) is 0 Å². The standard InChI is InChI=1S/C12H20N2O2/c1-16-11-3-2-9(5-11)13-12(15)8-4-10-7-14(10)6-8/h8-11H,2-7H2,1H3,(H,13,15)/t8?,9-,10?,11-,14?/m0/s1. The Morgan fingerprint density at radius 2 is 2.19 bits per heavy atom. The summed E-state index contributed by atoms with van der Waals surface area (Å²) in [6.07, 6.45) is 4.57. The Hall–Kier alpha value is -0.610. The van der Waals surface area contributed by atoms with E-state index < -0.39 is 0 Å². The van der Waals surface area contributed by atoms with Crippen LogP contribution < -0.4 is 5.32 Å². The Bertz CT molecular complexity index is 285. The Morgan fingerprint density at radius 1 is 1.31 bits per heavy atom. The molecule has 0 aromatic carbocycles. The zero-order valence-electron chi connectivity index (χ0n) is 9.82. The highest BCUT2D eigenvalue weighted by molar-refractivity contribution is 5.79. The molecule has 0 bridgehead atoms. The Labute approximate surface area is 96.3 Å². The number of nitrogens with one attached hydrogen (secondary N) is 1. The molecule has 3 rings (SSSR count). The van der Waals surface area contributed by atoms with Gasteiger partial charge in [0.15, 0.2) is 0 Å². The van der Waals surface area contributed by atoms with Gasteiger partial charge >= 0.3 is 0 Å². The van der Waals surface area contributed by atoms with Crippen molar-refractivity contribution in [2.24, 2.45) is 5.92 Å². The molecule has 4 nitrogen and oxygen atoms in total. The van der Waals surface area contributed by atoms with Gasteiger partial charge in [0, 0.05) is 32.3 Å². The number of nitrogens with zero attached hydrogens (tertiary/aromatic N) is 1. The number of hydrogen-bond acceptors (Lipinski definition) is 3. The van der Waals surface area contributed by atoms with Crippen molar-refractivity contribution in [2.45, 2.75) is 43.9 Å². The van der Waals surface area contributed by atoms with Crippen LogP contribution in [0, 0.1) is 5.92 Å². The maximum Gasteiger partial charge on any atom is 0.224 e. The minimum atomic E-state index is 0.250. The number of amides is 1. The van der Waals surface area contributed by atoms with Crippen LogP contribution in [0.15, 0.2) is 0 Å². The third kappa shape index (κ3) is 1.96. The highest BCUT2D eigenvalue weighted by atomic mass is 16.5. The lowest BCUT2D eigenvalue weighted by atomic mass is 10.0. The first-order chi connectivity index (χ1) is 7.76. The third-order valence-electron chi connectivity index (χ3n) is 4.27. The molecule has 1 saturated carbocycles. The number of methoxy groups -OCH3 is 1. The van der Waals surface area contributed by atoms with E-state index in [1.165, 1.54) is 6.54 Å². The van der Waals surface area contributed by atoms with Crippen LogP contribution in [0.5, 0.6) is 0 Å². The molecule has 3 unspecified atom stereocenters. The molecule has 0 radical (unpaired) electrons. The zero-order chi connectivity index (χ0) is 11.1. The summed E-state index contributed by atoms with van der Waals surface area (Å²) in [4.78, 5) is 14.4. The number of carbonyl (C=O) groups is 1. The van der Waals surface area contributed by atoms with E-state index in [1.54, 1.807) is 7.11 Å². The van der Waals surface area contributed by atoms with Gasteiger partial charge < -0.3 is 10.1 Å². The van der Waals surface area contributed by atoms with Gasteiger partial charge in [-0.3, -0.25) is 9.69 Å². The van der Waals surface area contributed by atoms with E-state index >= 15 is 0 Å². The predicted molar refractivity (Wildman–Crippen MR) is 60.0 cm³/mol. The first kappa shape index (κ1) is 10.5. The quantitative estimate of drug-likeness (QED) is 0.704. The summed E-state index contributed by atoms with van der Waals surface area (Å²) in [6, 6.07) is 1.08. The van der Waals surface area contributed by atoms with Gasteiger partial charge in [0.1, 0.15) is 0 Å². The predicted octanol–water partition coefficient (Wildman–Crippen LogP) is 0.374. The summed E-state index contributed by atoms with van der Waals surface area (Å²) >= 11 is 0. The molecule has 2 heterocycles. The smallest absolute Gasteiger partial charge is 0.224 e. The summed E-state index contributed by atoms with van der Waals surface area (Å²) in [5.74, 6) is 0.522. The molecule has 90 valence electrons. The lowest BCUT2D eigenvalue weighted by Gasteiger charge is -2.17. The highest BCUT2D eigenvalue weighted by Gasteiger charge is 2.46. The van der Waals surface area contributed by atoms with Crippen LogP contribution in [0.1, 0.15) is 25.7 Å². The molecular weight excluding hydrogens is 204 g/mol. The number of piperidine rings is 1. The van der Waals surface area contributed by atoms with Crippen LogP contribution in [0.25, 0.3) is 0 Å². The maximum atomic E-state index is 12.0. The van der Waals surface area contributed by atoms with Gasteiger partial charge in [-0.1, -0.05) is 0 Å². The molecule has 1 aliphatic carbocycles. The molecule has 0 aromatic rings. The zero-order valence-corrected chi connectivity index (χ0v) is 9.82. The Balaban J connectivity index is 1.46. The van der Waals surface area contributed by atoms with E-state index in [2.05, 4.69) is 10.2 Å². The Morgan fingerprint density at radius 3 is 2.81 bits per heavy atom. The Kier molecular flexibility index (Phi) is 2.64. The maximum absolute atomic E-state index is 12.0. The number of hydrogen-bond donors (Lipinski definition) is 1. The van der Waals surface area contributed by atoms with E-state index in [0.717, 1.165) is 38.3 Å². The topological polar surface area (TPSA) is 41.3 Å². The molecule has 0 aromatic heterocycles. The summed E-state index contributed by atoms with van der Waals surface area (Å²) in [5.41, 5.74) is 0. The number of carbonyl (C=O) groups excluding carboxylic acids is 1. The van der Waals surface area contributed by atoms with E-state index in [1.807, 2.05) is 0 Å². The average molecular weight is 224 g/mol. The summed E-state index contributed by atoms with van der Waals surface area (Å²) in [5, 5.41) is 3.18. The fraction of sp³-hybridized carbons (Fsp3) is 0.917. The number of rotatable bonds is 3. The van der Waals surface area contributed by atoms with Crippen molar-refractivity contribution >= 4 is 5.91 Å². The normalized spacial score (nSPS) is 45.4. The van der Waals surface area contributed by atoms with Crippen molar-refractivity contribution in [3.8, 4) is 0 Å². The molecule has 3 aliphatic rings. The molecular formula is C12H20N2O2. The molecule has 5 atom stereocenters. The molecule has 1 N–H and O–H groups in total. The van der Waals surface area contributed by atoms with Crippen LogP contribution in [0.2, 0.25) is 0 Å². The highest BCUT2D eigenvalue weighted by Crippen LogP contribution is 2.34. The minimum absolute atomic E-state index is 0.250. The summed E-state index contributed by atoms with van der Waals surface area (Å²) < 4.78 is 5.31. The molecule has 16 heavy (non-hydrogen) atoms. The van der Waals surface area contributed by atoms with E-state index in [4.69, 9.17) is 4.74 Å². The van der Waals surface area contributed by atoms with Crippen LogP contribution in [-0.2, 0) is 9.53 Å². The van der Waals surface area contributed by atoms with Crippen molar-refractivity contribution in [3.05, 3.63) is 0 Å². The van der Waals surface area contributed by atoms with Crippen LogP contribution in [-0.4, -0.2) is 49.2 Å². The van der Waals surface area contributed by atoms with Gasteiger partial charge in [-0.05, 0) is 25.7 Å². The van der Waals surface area contributed by atoms with Crippen molar-refractivity contribution in [1.82, 2.24) is 10.2 Å². The lowest BCUT2D eigenvalue weighted by molar-refractivity contribution is -0.125. The van der Waals surface area contributed by atoms with Gasteiger partial charge in [-0.15, -0.1) is 0 Å². The van der Waals surface area contributed by atoms with E-state index in [-0.39, 0.29) is 11.8 Å². The molecule has 4 heteroatoms. The fourth-order valence-electron chi connectivity index (χ4n) is 3.15. The van der Waals surface area contributed by atoms with Crippen LogP contribution in [0.3, 0.4) is 0 Å². The van der Waals surface area contributed by atoms with E-state index in [9.17, 15) is 4.79 Å². The molecule has 3 fully saturated rings. The van der Waals surface area contributed by atoms with Gasteiger partial charge in [0.25, 0.3) is 0 Å². The van der Waals surface area contributed by atoms with Crippen molar-refractivity contribution in [1.29, 1.82) is 0 Å². The third-order valence-corrected chi connectivity index (χ3v) is 4.27. The molecule has 2 aliphatic heterocycles. The van der Waals surface area contributed by atoms with Gasteiger partial charge in [0.2, 0.25) is 5.91 Å². The van der Waals surface area contributed by atoms with Crippen molar-refractivity contribution in [2.75, 3.05) is 20.2 Å². The van der Waals surface area contributed by atoms with Crippen LogP contribution >= 0.6 is 0 Å².